The molecule has 7 heteroatoms. The van der Waals surface area contributed by atoms with Gasteiger partial charge in [0, 0.05) is 5.56 Å². The van der Waals surface area contributed by atoms with E-state index in [2.05, 4.69) is 21.0 Å². The Kier molecular flexibility index (Phi) is 4.79. The molecule has 0 radical (unpaired) electrons. The zero-order valence-electron chi connectivity index (χ0n) is 12.8. The molecule has 0 aliphatic rings. The van der Waals surface area contributed by atoms with Crippen LogP contribution in [-0.4, -0.2) is 21.7 Å². The average molecular weight is 394 g/mol. The van der Waals surface area contributed by atoms with Crippen molar-refractivity contribution < 1.29 is 8.83 Å². The van der Waals surface area contributed by atoms with Gasteiger partial charge in [-0.15, -0.1) is 5.10 Å². The van der Waals surface area contributed by atoms with Crippen LogP contribution in [0.25, 0.3) is 11.5 Å². The first-order valence-corrected chi connectivity index (χ1v) is 8.30. The highest BCUT2D eigenvalue weighted by Gasteiger charge is 2.12. The molecule has 23 heavy (non-hydrogen) atoms. The summed E-state index contributed by atoms with van der Waals surface area (Å²) >= 11 is 8.58. The molecule has 0 aliphatic carbocycles. The summed E-state index contributed by atoms with van der Waals surface area (Å²) in [5.41, 5.74) is 2.06. The number of aromatic nitrogens is 2. The van der Waals surface area contributed by atoms with E-state index in [0.29, 0.717) is 23.9 Å². The zero-order chi connectivity index (χ0) is 16.4. The fraction of sp³-hybridized carbons (Fsp3) is 0.250. The van der Waals surface area contributed by atoms with Crippen molar-refractivity contribution in [3.63, 3.8) is 0 Å². The first-order chi connectivity index (χ1) is 11.0. The molecule has 5 nitrogen and oxygen atoms in total. The molecule has 0 amide bonds. The highest BCUT2D eigenvalue weighted by Crippen LogP contribution is 2.22. The van der Waals surface area contributed by atoms with Crippen LogP contribution in [0.15, 0.2) is 49.9 Å². The Bertz CT molecular complexity index is 868. The first kappa shape index (κ1) is 16.2. The molecule has 0 fully saturated rings. The van der Waals surface area contributed by atoms with E-state index in [4.69, 9.17) is 21.1 Å². The number of hydrogen-bond acceptors (Lipinski definition) is 5. The summed E-state index contributed by atoms with van der Waals surface area (Å²) in [6, 6.07) is 11.8. The topological polar surface area (TPSA) is 47.3 Å². The van der Waals surface area contributed by atoms with Gasteiger partial charge >= 0.3 is 0 Å². The lowest BCUT2D eigenvalue weighted by Crippen LogP contribution is -2.22. The molecule has 0 saturated carbocycles. The number of furan rings is 1. The molecule has 0 bridgehead atoms. The quantitative estimate of drug-likeness (QED) is 0.591. The average Bonchev–Trinajstić information content (AvgIpc) is 3.06. The van der Waals surface area contributed by atoms with E-state index < -0.39 is 0 Å². The van der Waals surface area contributed by atoms with E-state index in [1.54, 1.807) is 4.68 Å². The molecule has 2 aromatic heterocycles. The van der Waals surface area contributed by atoms with E-state index in [-0.39, 0.29) is 0 Å². The summed E-state index contributed by atoms with van der Waals surface area (Å²) in [6.45, 7) is 3.19. The fourth-order valence-corrected chi connectivity index (χ4v) is 2.82. The van der Waals surface area contributed by atoms with Gasteiger partial charge in [0.2, 0.25) is 5.89 Å². The van der Waals surface area contributed by atoms with Crippen LogP contribution in [0.3, 0.4) is 0 Å². The Labute approximate surface area is 147 Å². The molecule has 0 unspecified atom stereocenters. The second-order valence-corrected chi connectivity index (χ2v) is 6.48. The second kappa shape index (κ2) is 6.82. The van der Waals surface area contributed by atoms with Crippen LogP contribution < -0.4 is 0 Å². The Morgan fingerprint density at radius 1 is 1.22 bits per heavy atom. The maximum atomic E-state index is 5.65. The van der Waals surface area contributed by atoms with Crippen LogP contribution in [0.1, 0.15) is 11.3 Å². The van der Waals surface area contributed by atoms with Crippen LogP contribution in [0.5, 0.6) is 0 Å². The van der Waals surface area contributed by atoms with E-state index >= 15 is 0 Å². The van der Waals surface area contributed by atoms with Crippen molar-refractivity contribution in [2.75, 3.05) is 7.05 Å². The monoisotopic (exact) mass is 393 g/mol. The number of benzene rings is 1. The number of hydrogen-bond donors (Lipinski definition) is 0. The summed E-state index contributed by atoms with van der Waals surface area (Å²) in [5.74, 6) is 1.41. The number of halogens is 1. The maximum Gasteiger partial charge on any atom is 0.288 e. The van der Waals surface area contributed by atoms with Crippen molar-refractivity contribution in [2.45, 2.75) is 20.1 Å². The summed E-state index contributed by atoms with van der Waals surface area (Å²) in [6.07, 6.45) is 0. The number of aryl methyl sites for hydroxylation is 1. The predicted octanol–water partition coefficient (Wildman–Crippen LogP) is 4.63. The van der Waals surface area contributed by atoms with Gasteiger partial charge in [0.1, 0.15) is 5.76 Å². The third kappa shape index (κ3) is 3.80. The van der Waals surface area contributed by atoms with Gasteiger partial charge in [-0.25, -0.2) is 4.68 Å². The molecule has 2 heterocycles. The zero-order valence-corrected chi connectivity index (χ0v) is 15.2. The van der Waals surface area contributed by atoms with Crippen molar-refractivity contribution in [3.8, 4) is 11.5 Å². The molecule has 0 aliphatic heterocycles. The van der Waals surface area contributed by atoms with Crippen molar-refractivity contribution >= 4 is 28.1 Å². The summed E-state index contributed by atoms with van der Waals surface area (Å²) in [4.78, 5) is 2.40. The van der Waals surface area contributed by atoms with Crippen LogP contribution in [0.4, 0.5) is 0 Å². The molecular formula is C16H16BrN3O2S. The third-order valence-corrected chi connectivity index (χ3v) is 4.13. The van der Waals surface area contributed by atoms with Gasteiger partial charge in [-0.05, 0) is 65.9 Å². The third-order valence-electron chi connectivity index (χ3n) is 3.41. The van der Waals surface area contributed by atoms with E-state index in [9.17, 15) is 0 Å². The van der Waals surface area contributed by atoms with Crippen molar-refractivity contribution in [1.82, 2.24) is 14.7 Å². The lowest BCUT2D eigenvalue weighted by molar-refractivity contribution is 0.222. The van der Waals surface area contributed by atoms with Crippen LogP contribution >= 0.6 is 28.1 Å². The molecule has 3 rings (SSSR count). The van der Waals surface area contributed by atoms with Gasteiger partial charge in [0.25, 0.3) is 4.84 Å². The lowest BCUT2D eigenvalue weighted by Gasteiger charge is -2.13. The van der Waals surface area contributed by atoms with Crippen LogP contribution in [0.2, 0.25) is 0 Å². The molecule has 1 aromatic carbocycles. The Morgan fingerprint density at radius 3 is 2.70 bits per heavy atom. The Balaban J connectivity index is 1.76. The van der Waals surface area contributed by atoms with E-state index in [1.807, 2.05) is 55.3 Å². The summed E-state index contributed by atoms with van der Waals surface area (Å²) < 4.78 is 13.6. The van der Waals surface area contributed by atoms with Crippen LogP contribution in [0, 0.1) is 11.8 Å². The smallest absolute Gasteiger partial charge is 0.288 e. The molecule has 0 spiro atoms. The highest BCUT2D eigenvalue weighted by molar-refractivity contribution is 9.10. The minimum atomic E-state index is 0.357. The molecule has 0 N–H and O–H groups in total. The molecule has 0 saturated heterocycles. The van der Waals surface area contributed by atoms with Gasteiger partial charge < -0.3 is 8.83 Å². The number of rotatable bonds is 5. The normalized spacial score (nSPS) is 11.3. The predicted molar refractivity (Wildman–Crippen MR) is 93.4 cm³/mol. The van der Waals surface area contributed by atoms with Gasteiger partial charge in [0.15, 0.2) is 4.67 Å². The minimum Gasteiger partial charge on any atom is -0.453 e. The fourth-order valence-electron chi connectivity index (χ4n) is 2.30. The van der Waals surface area contributed by atoms with Crippen LogP contribution in [-0.2, 0) is 13.2 Å². The molecule has 0 atom stereocenters. The van der Waals surface area contributed by atoms with Gasteiger partial charge in [-0.3, -0.25) is 4.90 Å². The second-order valence-electron chi connectivity index (χ2n) is 5.35. The maximum absolute atomic E-state index is 5.65. The largest absolute Gasteiger partial charge is 0.453 e. The standard InChI is InChI=1S/C16H16BrN3O2S/c1-11-5-3-4-6-13(11)15-18-20(16(23)22-15)10-19(2)9-12-7-8-14(17)21-12/h3-8H,9-10H2,1-2H3. The van der Waals surface area contributed by atoms with E-state index in [0.717, 1.165) is 21.6 Å². The van der Waals surface area contributed by atoms with Crippen molar-refractivity contribution in [2.24, 2.45) is 0 Å². The molecular weight excluding hydrogens is 378 g/mol. The summed E-state index contributed by atoms with van der Waals surface area (Å²) in [5, 5.41) is 4.49. The van der Waals surface area contributed by atoms with E-state index in [1.165, 1.54) is 0 Å². The number of nitrogens with zero attached hydrogens (tertiary/aromatic N) is 3. The Morgan fingerprint density at radius 2 is 2.00 bits per heavy atom. The SMILES string of the molecule is Cc1ccccc1-c1nn(CN(C)Cc2ccc(Br)o2)c(=S)o1. The van der Waals surface area contributed by atoms with Gasteiger partial charge in [0.05, 0.1) is 13.2 Å². The highest BCUT2D eigenvalue weighted by atomic mass is 79.9. The molecule has 3 aromatic rings. The lowest BCUT2D eigenvalue weighted by atomic mass is 10.1. The minimum absolute atomic E-state index is 0.357. The van der Waals surface area contributed by atoms with Gasteiger partial charge in [-0.1, -0.05) is 18.2 Å². The van der Waals surface area contributed by atoms with Crippen molar-refractivity contribution in [3.05, 3.63) is 57.2 Å². The molecule has 120 valence electrons. The summed E-state index contributed by atoms with van der Waals surface area (Å²) in [7, 11) is 1.97. The van der Waals surface area contributed by atoms with Gasteiger partial charge in [-0.2, -0.15) is 0 Å². The first-order valence-electron chi connectivity index (χ1n) is 7.09. The Hall–Kier alpha value is -1.70. The van der Waals surface area contributed by atoms with Crippen molar-refractivity contribution in [1.29, 1.82) is 0 Å².